The first kappa shape index (κ1) is 41.9. The van der Waals surface area contributed by atoms with Crippen LogP contribution < -0.4 is 41.0 Å². The predicted octanol–water partition coefficient (Wildman–Crippen LogP) is 1.72. The molecule has 2 bridgehead atoms. The molecule has 0 radical (unpaired) electrons. The number of carbonyl (C=O) groups is 5. The number of aryl methyl sites for hydroxylation is 1. The Morgan fingerprint density at radius 2 is 1.64 bits per heavy atom. The van der Waals surface area contributed by atoms with Gasteiger partial charge in [-0.05, 0) is 62.1 Å². The molecule has 0 saturated heterocycles. The largest absolute Gasteiger partial charge is 0.496 e. The standard InChI is InChI=1S/C39H50N6O10/c1-24(2)35-38(51)41-22-27-28(53-4)11-10-12-29(27)55-31-21-26(14-15-30(31)54-5)37(50)40-17-7-9-19-45(23-32(47)42-36(25(3)46)39(52)43-35)34(49)16-20-44-18-8-6-13-33(44)48/h6,8,10-15,18,21,24-25,35-36,46H,7,9,16-17,19-20,22-23H2,1-5H3,(H,40,50)(H,41,51)(H,42,47)(H,43,52)/t25-,35-,36+/m1/s1. The molecule has 1 aliphatic heterocycles. The number of hydrogen-bond donors (Lipinski definition) is 5. The minimum Gasteiger partial charge on any atom is -0.496 e. The molecule has 0 spiro atoms. The highest BCUT2D eigenvalue weighted by Crippen LogP contribution is 2.37. The number of fused-ring (bicyclic) bond motifs is 3. The topological polar surface area (TPSA) is 207 Å². The number of nitrogens with zero attached hydrogens (tertiary/aromatic N) is 2. The van der Waals surface area contributed by atoms with Gasteiger partial charge >= 0.3 is 0 Å². The van der Waals surface area contributed by atoms with Crippen molar-refractivity contribution in [2.45, 2.75) is 71.3 Å². The monoisotopic (exact) mass is 762 g/mol. The number of ether oxygens (including phenoxy) is 3. The smallest absolute Gasteiger partial charge is 0.251 e. The van der Waals surface area contributed by atoms with Crippen LogP contribution in [-0.2, 0) is 32.3 Å². The summed E-state index contributed by atoms with van der Waals surface area (Å²) in [6.45, 7) is 4.69. The van der Waals surface area contributed by atoms with Crippen LogP contribution in [0.1, 0.15) is 56.0 Å². The molecule has 3 atom stereocenters. The van der Waals surface area contributed by atoms with E-state index in [9.17, 15) is 33.9 Å². The van der Waals surface area contributed by atoms with Crippen LogP contribution in [0.25, 0.3) is 0 Å². The Bertz CT molecular complexity index is 1890. The van der Waals surface area contributed by atoms with E-state index in [1.54, 1.807) is 62.5 Å². The summed E-state index contributed by atoms with van der Waals surface area (Å²) in [7, 11) is 2.93. The second-order valence-electron chi connectivity index (χ2n) is 13.4. The van der Waals surface area contributed by atoms with Crippen LogP contribution >= 0.6 is 0 Å². The number of methoxy groups -OCH3 is 2. The summed E-state index contributed by atoms with van der Waals surface area (Å²) in [5.41, 5.74) is 0.474. The zero-order valence-electron chi connectivity index (χ0n) is 31.8. The third-order valence-corrected chi connectivity index (χ3v) is 9.02. The van der Waals surface area contributed by atoms with Gasteiger partial charge in [0, 0.05) is 43.9 Å². The van der Waals surface area contributed by atoms with Crippen LogP contribution in [0, 0.1) is 5.92 Å². The Hall–Kier alpha value is -5.90. The summed E-state index contributed by atoms with van der Waals surface area (Å²) in [6, 6.07) is 11.9. The van der Waals surface area contributed by atoms with Crippen LogP contribution in [0.4, 0.5) is 0 Å². The Kier molecular flexibility index (Phi) is 15.2. The third kappa shape index (κ3) is 11.5. The van der Waals surface area contributed by atoms with E-state index >= 15 is 0 Å². The molecule has 5 N–H and O–H groups in total. The number of amides is 5. The van der Waals surface area contributed by atoms with Crippen molar-refractivity contribution in [3.8, 4) is 23.0 Å². The Balaban J connectivity index is 1.64. The number of aromatic nitrogens is 1. The molecule has 0 unspecified atom stereocenters. The fourth-order valence-electron chi connectivity index (χ4n) is 5.93. The summed E-state index contributed by atoms with van der Waals surface area (Å²) in [6.07, 6.45) is 0.945. The second kappa shape index (κ2) is 20.0. The predicted molar refractivity (Wildman–Crippen MR) is 202 cm³/mol. The van der Waals surface area contributed by atoms with Gasteiger partial charge in [0.25, 0.3) is 11.5 Å². The summed E-state index contributed by atoms with van der Waals surface area (Å²) in [5, 5.41) is 21.4. The molecule has 1 aliphatic rings. The molecule has 2 aromatic carbocycles. The summed E-state index contributed by atoms with van der Waals surface area (Å²) < 4.78 is 18.7. The Labute approximate surface area is 319 Å². The maximum Gasteiger partial charge on any atom is 0.251 e. The molecule has 296 valence electrons. The van der Waals surface area contributed by atoms with Crippen molar-refractivity contribution in [1.29, 1.82) is 0 Å². The molecule has 0 fully saturated rings. The van der Waals surface area contributed by atoms with Crippen LogP contribution in [-0.4, -0.2) is 96.2 Å². The molecule has 3 aromatic rings. The van der Waals surface area contributed by atoms with Gasteiger partial charge in [0.15, 0.2) is 11.5 Å². The fourth-order valence-corrected chi connectivity index (χ4v) is 5.93. The molecule has 4 rings (SSSR count). The lowest BCUT2D eigenvalue weighted by atomic mass is 10.0. The number of aliphatic hydroxyl groups is 1. The van der Waals surface area contributed by atoms with Crippen molar-refractivity contribution in [2.24, 2.45) is 5.92 Å². The van der Waals surface area contributed by atoms with E-state index in [-0.39, 0.29) is 49.8 Å². The van der Waals surface area contributed by atoms with Crippen molar-refractivity contribution in [1.82, 2.24) is 30.7 Å². The SMILES string of the molecule is COc1ccc2cc1Oc1cccc(OC)c1CNC(=O)[C@@H](C(C)C)NC(=O)[C@H]([C@@H](C)O)NC(=O)CN(C(=O)CCn1ccccc1=O)CCCCNC2=O. The van der Waals surface area contributed by atoms with E-state index in [4.69, 9.17) is 14.2 Å². The lowest BCUT2D eigenvalue weighted by Gasteiger charge is -2.28. The van der Waals surface area contributed by atoms with E-state index in [2.05, 4.69) is 21.3 Å². The molecule has 5 amide bonds. The number of rotatable bonds is 7. The molecule has 1 aromatic heterocycles. The zero-order chi connectivity index (χ0) is 40.1. The molecule has 0 aliphatic carbocycles. The third-order valence-electron chi connectivity index (χ3n) is 9.02. The van der Waals surface area contributed by atoms with Crippen molar-refractivity contribution in [3.05, 3.63) is 82.3 Å². The van der Waals surface area contributed by atoms with Crippen molar-refractivity contribution >= 4 is 29.5 Å². The van der Waals surface area contributed by atoms with E-state index in [0.29, 0.717) is 41.2 Å². The van der Waals surface area contributed by atoms with Crippen molar-refractivity contribution in [2.75, 3.05) is 33.9 Å². The lowest BCUT2D eigenvalue weighted by Crippen LogP contribution is -2.59. The van der Waals surface area contributed by atoms with Gasteiger partial charge in [-0.15, -0.1) is 0 Å². The number of carbonyl (C=O) groups excluding carboxylic acids is 5. The van der Waals surface area contributed by atoms with Crippen LogP contribution in [0.3, 0.4) is 0 Å². The first-order chi connectivity index (χ1) is 26.3. The maximum atomic E-state index is 13.6. The van der Waals surface area contributed by atoms with Gasteiger partial charge < -0.3 is 50.1 Å². The molecule has 55 heavy (non-hydrogen) atoms. The summed E-state index contributed by atoms with van der Waals surface area (Å²) in [4.78, 5) is 80.7. The van der Waals surface area contributed by atoms with E-state index in [0.717, 1.165) is 0 Å². The van der Waals surface area contributed by atoms with Gasteiger partial charge in [0.2, 0.25) is 23.6 Å². The summed E-state index contributed by atoms with van der Waals surface area (Å²) >= 11 is 0. The van der Waals surface area contributed by atoms with E-state index < -0.39 is 54.3 Å². The first-order valence-electron chi connectivity index (χ1n) is 18.1. The normalized spacial score (nSPS) is 18.4. The Morgan fingerprint density at radius 3 is 2.33 bits per heavy atom. The highest BCUT2D eigenvalue weighted by Gasteiger charge is 2.32. The number of benzene rings is 2. The minimum atomic E-state index is -1.46. The van der Waals surface area contributed by atoms with Gasteiger partial charge in [-0.25, -0.2) is 0 Å². The first-order valence-corrected chi connectivity index (χ1v) is 18.1. The molecular formula is C39H50N6O10. The summed E-state index contributed by atoms with van der Waals surface area (Å²) in [5.74, 6) is -2.01. The van der Waals surface area contributed by atoms with Gasteiger partial charge in [-0.2, -0.15) is 0 Å². The quantitative estimate of drug-likeness (QED) is 0.236. The van der Waals surface area contributed by atoms with Crippen LogP contribution in [0.15, 0.2) is 65.6 Å². The Morgan fingerprint density at radius 1 is 0.873 bits per heavy atom. The van der Waals surface area contributed by atoms with Crippen molar-refractivity contribution < 1.29 is 43.3 Å². The maximum absolute atomic E-state index is 13.6. The van der Waals surface area contributed by atoms with Gasteiger partial charge in [-0.1, -0.05) is 26.0 Å². The van der Waals surface area contributed by atoms with Crippen LogP contribution in [0.2, 0.25) is 0 Å². The average molecular weight is 763 g/mol. The fraction of sp³-hybridized carbons (Fsp3) is 0.436. The average Bonchev–Trinajstić information content (AvgIpc) is 3.16. The number of pyridine rings is 1. The van der Waals surface area contributed by atoms with Gasteiger partial charge in [0.05, 0.1) is 39.0 Å². The number of nitrogens with one attached hydrogen (secondary N) is 4. The lowest BCUT2D eigenvalue weighted by molar-refractivity contribution is -0.138. The van der Waals surface area contributed by atoms with Gasteiger partial charge in [-0.3, -0.25) is 28.8 Å². The molecule has 2 heterocycles. The van der Waals surface area contributed by atoms with E-state index in [1.165, 1.54) is 42.7 Å². The molecule has 0 saturated carbocycles. The van der Waals surface area contributed by atoms with Gasteiger partial charge in [0.1, 0.15) is 23.6 Å². The number of hydrogen-bond acceptors (Lipinski definition) is 10. The molecular weight excluding hydrogens is 712 g/mol. The van der Waals surface area contributed by atoms with Crippen molar-refractivity contribution in [3.63, 3.8) is 0 Å². The highest BCUT2D eigenvalue weighted by molar-refractivity contribution is 5.95. The molecule has 16 heteroatoms. The molecule has 16 nitrogen and oxygen atoms in total. The van der Waals surface area contributed by atoms with E-state index in [1.807, 2.05) is 0 Å². The second-order valence-corrected chi connectivity index (χ2v) is 13.4. The zero-order valence-corrected chi connectivity index (χ0v) is 31.8. The van der Waals surface area contributed by atoms with Crippen LogP contribution in [0.5, 0.6) is 23.0 Å². The highest BCUT2D eigenvalue weighted by atomic mass is 16.5. The minimum absolute atomic E-state index is 0.0788. The number of aliphatic hydroxyl groups excluding tert-OH is 1.